The van der Waals surface area contributed by atoms with Crippen LogP contribution in [0.2, 0.25) is 0 Å². The molecule has 6 nitrogen and oxygen atoms in total. The Morgan fingerprint density at radius 3 is 1.79 bits per heavy atom. The van der Waals surface area contributed by atoms with Gasteiger partial charge in [-0.25, -0.2) is 4.79 Å². The molecule has 0 spiro atoms. The first-order valence-electron chi connectivity index (χ1n) is 10.6. The van der Waals surface area contributed by atoms with Crippen LogP contribution in [-0.4, -0.2) is 35.0 Å². The van der Waals surface area contributed by atoms with E-state index in [1.165, 1.54) is 56.7 Å². The second kappa shape index (κ2) is 15.5. The maximum absolute atomic E-state index is 11.2. The summed E-state index contributed by atoms with van der Waals surface area (Å²) >= 11 is 0. The van der Waals surface area contributed by atoms with Crippen molar-refractivity contribution in [2.24, 2.45) is 0 Å². The van der Waals surface area contributed by atoms with Gasteiger partial charge in [-0.2, -0.15) is 0 Å². The van der Waals surface area contributed by atoms with Crippen molar-refractivity contribution < 1.29 is 29.3 Å². The minimum Gasteiger partial charge on any atom is -0.493 e. The van der Waals surface area contributed by atoms with E-state index in [2.05, 4.69) is 0 Å². The highest BCUT2D eigenvalue weighted by Crippen LogP contribution is 2.20. The van der Waals surface area contributed by atoms with Crippen LogP contribution in [0.1, 0.15) is 99.4 Å². The summed E-state index contributed by atoms with van der Waals surface area (Å²) < 4.78 is 5.57. The van der Waals surface area contributed by atoms with Crippen LogP contribution in [-0.2, 0) is 9.59 Å². The SMILES string of the molecule is O=[C]c1ccc(OCCCCCCCCCCCCCCC(=O)O)c(C(=O)O)c1. The second-order valence-electron chi connectivity index (χ2n) is 7.35. The molecule has 1 aromatic rings. The number of ether oxygens (including phenoxy) is 1. The Morgan fingerprint density at radius 1 is 0.793 bits per heavy atom. The Morgan fingerprint density at radius 2 is 1.31 bits per heavy atom. The maximum atomic E-state index is 11.2. The zero-order valence-electron chi connectivity index (χ0n) is 17.2. The minimum absolute atomic E-state index is 0.00673. The van der Waals surface area contributed by atoms with E-state index >= 15 is 0 Å². The van der Waals surface area contributed by atoms with Gasteiger partial charge in [-0.1, -0.05) is 64.2 Å². The quantitative estimate of drug-likeness (QED) is 0.318. The highest BCUT2D eigenvalue weighted by molar-refractivity contribution is 5.93. The molecule has 0 fully saturated rings. The predicted molar refractivity (Wildman–Crippen MR) is 111 cm³/mol. The van der Waals surface area contributed by atoms with Crippen LogP contribution < -0.4 is 4.74 Å². The van der Waals surface area contributed by atoms with Crippen molar-refractivity contribution in [3.05, 3.63) is 29.3 Å². The third-order valence-electron chi connectivity index (χ3n) is 4.87. The lowest BCUT2D eigenvalue weighted by Gasteiger charge is -2.09. The topological polar surface area (TPSA) is 101 Å². The van der Waals surface area contributed by atoms with Crippen LogP contribution in [0.5, 0.6) is 5.75 Å². The number of rotatable bonds is 18. The van der Waals surface area contributed by atoms with Crippen molar-refractivity contribution in [2.75, 3.05) is 6.61 Å². The van der Waals surface area contributed by atoms with Gasteiger partial charge < -0.3 is 14.9 Å². The van der Waals surface area contributed by atoms with E-state index in [1.807, 2.05) is 0 Å². The number of carboxylic acids is 2. The molecule has 0 aromatic heterocycles. The molecular weight excluding hydrogens is 372 g/mol. The first-order valence-corrected chi connectivity index (χ1v) is 10.6. The molecule has 0 aliphatic heterocycles. The van der Waals surface area contributed by atoms with Gasteiger partial charge in [0.05, 0.1) is 6.61 Å². The van der Waals surface area contributed by atoms with Gasteiger partial charge in [0.15, 0.2) is 0 Å². The summed E-state index contributed by atoms with van der Waals surface area (Å²) in [5, 5.41) is 17.8. The molecule has 0 saturated heterocycles. The Hall–Kier alpha value is -2.37. The molecule has 0 aliphatic carbocycles. The zero-order valence-corrected chi connectivity index (χ0v) is 17.2. The van der Waals surface area contributed by atoms with Gasteiger partial charge in [0.1, 0.15) is 11.3 Å². The molecule has 6 heteroatoms. The number of carbonyl (C=O) groups excluding carboxylic acids is 1. The van der Waals surface area contributed by atoms with Crippen molar-refractivity contribution in [2.45, 2.75) is 83.5 Å². The number of unbranched alkanes of at least 4 members (excludes halogenated alkanes) is 11. The summed E-state index contributed by atoms with van der Waals surface area (Å²) in [7, 11) is 0. The molecule has 0 unspecified atom stereocenters. The number of carboxylic acid groups (broad SMARTS) is 2. The fourth-order valence-electron chi connectivity index (χ4n) is 3.21. The highest BCUT2D eigenvalue weighted by atomic mass is 16.5. The van der Waals surface area contributed by atoms with Gasteiger partial charge >= 0.3 is 11.9 Å². The van der Waals surface area contributed by atoms with Crippen molar-refractivity contribution >= 4 is 18.2 Å². The molecule has 29 heavy (non-hydrogen) atoms. The first-order chi connectivity index (χ1) is 14.0. The second-order valence-corrected chi connectivity index (χ2v) is 7.35. The van der Waals surface area contributed by atoms with E-state index in [0.717, 1.165) is 38.5 Å². The van der Waals surface area contributed by atoms with Gasteiger partial charge in [-0.05, 0) is 31.0 Å². The predicted octanol–water partition coefficient (Wildman–Crippen LogP) is 5.38. The Balaban J connectivity index is 1.97. The number of hydrogen-bond acceptors (Lipinski definition) is 4. The molecule has 0 amide bonds. The average molecular weight is 406 g/mol. The van der Waals surface area contributed by atoms with Crippen LogP contribution in [0.15, 0.2) is 18.2 Å². The Bertz CT molecular complexity index is 626. The molecule has 1 aromatic carbocycles. The van der Waals surface area contributed by atoms with Crippen molar-refractivity contribution in [3.63, 3.8) is 0 Å². The fraction of sp³-hybridized carbons (Fsp3) is 0.609. The third kappa shape index (κ3) is 11.9. The van der Waals surface area contributed by atoms with E-state index in [4.69, 9.17) is 9.84 Å². The third-order valence-corrected chi connectivity index (χ3v) is 4.87. The molecule has 1 rings (SSSR count). The Kier molecular flexibility index (Phi) is 13.2. The number of hydrogen-bond donors (Lipinski definition) is 2. The average Bonchev–Trinajstić information content (AvgIpc) is 2.70. The van der Waals surface area contributed by atoms with Gasteiger partial charge in [0, 0.05) is 12.0 Å². The number of carbonyl (C=O) groups is 2. The molecule has 0 atom stereocenters. The van der Waals surface area contributed by atoms with E-state index < -0.39 is 11.9 Å². The lowest BCUT2D eigenvalue weighted by Crippen LogP contribution is -2.05. The summed E-state index contributed by atoms with van der Waals surface area (Å²) in [6, 6.07) is 4.29. The summed E-state index contributed by atoms with van der Waals surface area (Å²) in [5.41, 5.74) is 0.195. The van der Waals surface area contributed by atoms with Crippen molar-refractivity contribution in [1.82, 2.24) is 0 Å². The van der Waals surface area contributed by atoms with Crippen LogP contribution in [0.25, 0.3) is 0 Å². The lowest BCUT2D eigenvalue weighted by molar-refractivity contribution is -0.137. The standard InChI is InChI=1S/C23H33O6/c24-18-19-14-15-21(20(17-19)23(27)28)29-16-12-10-8-6-4-2-1-3-5-7-9-11-13-22(25)26/h14-15,17H,1-13,16H2,(H,25,26)(H,27,28). The van der Waals surface area contributed by atoms with E-state index in [1.54, 1.807) is 6.29 Å². The van der Waals surface area contributed by atoms with Crippen molar-refractivity contribution in [1.29, 1.82) is 0 Å². The number of aliphatic carboxylic acids is 1. The summed E-state index contributed by atoms with van der Waals surface area (Å²) in [6.45, 7) is 0.465. The maximum Gasteiger partial charge on any atom is 0.339 e. The fourth-order valence-corrected chi connectivity index (χ4v) is 3.21. The minimum atomic E-state index is -1.11. The van der Waals surface area contributed by atoms with E-state index in [0.29, 0.717) is 12.4 Å². The Labute approximate surface area is 173 Å². The molecular formula is C23H33O6. The molecule has 0 aliphatic rings. The van der Waals surface area contributed by atoms with Crippen LogP contribution in [0.3, 0.4) is 0 Å². The molecule has 1 radical (unpaired) electrons. The summed E-state index contributed by atoms with van der Waals surface area (Å²) in [6.07, 6.45) is 15.3. The first kappa shape index (κ1) is 24.7. The number of benzene rings is 1. The highest BCUT2D eigenvalue weighted by Gasteiger charge is 2.12. The van der Waals surface area contributed by atoms with Crippen LogP contribution in [0, 0.1) is 0 Å². The smallest absolute Gasteiger partial charge is 0.339 e. The normalized spacial score (nSPS) is 10.6. The number of aromatic carboxylic acids is 1. The van der Waals surface area contributed by atoms with Gasteiger partial charge in [-0.15, -0.1) is 0 Å². The molecule has 0 bridgehead atoms. The largest absolute Gasteiger partial charge is 0.493 e. The molecule has 161 valence electrons. The van der Waals surface area contributed by atoms with Gasteiger partial charge in [0.2, 0.25) is 6.29 Å². The van der Waals surface area contributed by atoms with E-state index in [-0.39, 0.29) is 17.5 Å². The van der Waals surface area contributed by atoms with Gasteiger partial charge in [0.25, 0.3) is 0 Å². The zero-order chi connectivity index (χ0) is 21.3. The molecule has 0 saturated carbocycles. The van der Waals surface area contributed by atoms with Gasteiger partial charge in [-0.3, -0.25) is 9.59 Å². The van der Waals surface area contributed by atoms with Crippen molar-refractivity contribution in [3.8, 4) is 5.75 Å². The lowest BCUT2D eigenvalue weighted by atomic mass is 10.0. The molecule has 0 heterocycles. The van der Waals surface area contributed by atoms with E-state index in [9.17, 15) is 19.5 Å². The van der Waals surface area contributed by atoms with Crippen LogP contribution in [0.4, 0.5) is 0 Å². The summed E-state index contributed by atoms with van der Waals surface area (Å²) in [4.78, 5) is 32.3. The molecule has 2 N–H and O–H groups in total. The summed E-state index contributed by atoms with van der Waals surface area (Å²) in [5.74, 6) is -1.52. The monoisotopic (exact) mass is 405 g/mol. The van der Waals surface area contributed by atoms with Crippen LogP contribution >= 0.6 is 0 Å².